The highest BCUT2D eigenvalue weighted by atomic mass is 32.2. The Balaban J connectivity index is 2.29. The number of carbonyl (C=O) groups excluding carboxylic acids is 1. The number of amides is 1. The summed E-state index contributed by atoms with van der Waals surface area (Å²) in [5.41, 5.74) is 1.47. The molecule has 2 rings (SSSR count). The quantitative estimate of drug-likeness (QED) is 0.874. The van der Waals surface area contributed by atoms with Crippen LogP contribution >= 0.6 is 0 Å². The van der Waals surface area contributed by atoms with Crippen LogP contribution in [0.4, 0.5) is 0 Å². The fourth-order valence-electron chi connectivity index (χ4n) is 2.31. The van der Waals surface area contributed by atoms with Crippen molar-refractivity contribution in [2.45, 2.75) is 26.4 Å². The molecule has 0 fully saturated rings. The summed E-state index contributed by atoms with van der Waals surface area (Å²) in [6.45, 7) is 3.94. The Bertz CT molecular complexity index is 577. The van der Waals surface area contributed by atoms with Crippen LogP contribution in [0.25, 0.3) is 0 Å². The first-order chi connectivity index (χ1) is 8.93. The van der Waals surface area contributed by atoms with E-state index in [-0.39, 0.29) is 5.91 Å². The maximum absolute atomic E-state index is 11.9. The molecule has 1 aliphatic heterocycles. The van der Waals surface area contributed by atoms with Crippen molar-refractivity contribution in [3.05, 3.63) is 23.5 Å². The van der Waals surface area contributed by atoms with Crippen molar-refractivity contribution < 1.29 is 13.2 Å². The van der Waals surface area contributed by atoms with E-state index in [9.17, 15) is 13.2 Å². The Kier molecular flexibility index (Phi) is 3.96. The van der Waals surface area contributed by atoms with Crippen molar-refractivity contribution in [3.63, 3.8) is 0 Å². The van der Waals surface area contributed by atoms with Crippen LogP contribution in [-0.2, 0) is 23.1 Å². The second-order valence-corrected chi connectivity index (χ2v) is 6.65. The number of sulfonamides is 1. The van der Waals surface area contributed by atoms with Crippen molar-refractivity contribution in [2.24, 2.45) is 0 Å². The molecule has 0 saturated carbocycles. The summed E-state index contributed by atoms with van der Waals surface area (Å²) in [6, 6.07) is 3.58. The Morgan fingerprint density at radius 1 is 1.37 bits per heavy atom. The van der Waals surface area contributed by atoms with Gasteiger partial charge in [-0.2, -0.15) is 4.31 Å². The Morgan fingerprint density at radius 2 is 2.11 bits per heavy atom. The molecule has 1 aromatic heterocycles. The maximum Gasteiger partial charge on any atom is 0.267 e. The number of aromatic nitrogens is 1. The number of hydrogen-bond donors (Lipinski definition) is 1. The van der Waals surface area contributed by atoms with Crippen LogP contribution in [0.5, 0.6) is 0 Å². The van der Waals surface area contributed by atoms with Crippen LogP contribution in [0, 0.1) is 0 Å². The summed E-state index contributed by atoms with van der Waals surface area (Å²) < 4.78 is 26.6. The van der Waals surface area contributed by atoms with Gasteiger partial charge in [-0.1, -0.05) is 0 Å². The van der Waals surface area contributed by atoms with Crippen LogP contribution in [0.15, 0.2) is 12.1 Å². The van der Waals surface area contributed by atoms with Gasteiger partial charge in [-0.25, -0.2) is 8.42 Å². The number of rotatable bonds is 3. The highest BCUT2D eigenvalue weighted by Crippen LogP contribution is 2.18. The van der Waals surface area contributed by atoms with Gasteiger partial charge in [0.2, 0.25) is 10.0 Å². The minimum atomic E-state index is -3.19. The molecule has 0 saturated heterocycles. The van der Waals surface area contributed by atoms with E-state index in [0.29, 0.717) is 38.3 Å². The molecule has 106 valence electrons. The lowest BCUT2D eigenvalue weighted by Crippen LogP contribution is -2.29. The van der Waals surface area contributed by atoms with E-state index in [1.54, 1.807) is 6.07 Å². The number of carbonyl (C=O) groups is 1. The summed E-state index contributed by atoms with van der Waals surface area (Å²) in [5, 5.41) is 2.77. The monoisotopic (exact) mass is 285 g/mol. The lowest BCUT2D eigenvalue weighted by molar-refractivity contribution is 0.0946. The molecule has 0 bridgehead atoms. The van der Waals surface area contributed by atoms with E-state index in [4.69, 9.17) is 0 Å². The van der Waals surface area contributed by atoms with Gasteiger partial charge in [-0.05, 0) is 25.5 Å². The van der Waals surface area contributed by atoms with Crippen molar-refractivity contribution in [1.29, 1.82) is 0 Å². The molecule has 0 radical (unpaired) electrons. The number of nitrogens with one attached hydrogen (secondary N) is 1. The smallest absolute Gasteiger partial charge is 0.267 e. The van der Waals surface area contributed by atoms with Crippen molar-refractivity contribution in [3.8, 4) is 0 Å². The Morgan fingerprint density at radius 3 is 2.74 bits per heavy atom. The lowest BCUT2D eigenvalue weighted by Gasteiger charge is -2.16. The van der Waals surface area contributed by atoms with Crippen molar-refractivity contribution in [2.75, 3.05) is 19.3 Å². The average Bonchev–Trinajstić information content (AvgIpc) is 2.58. The topological polar surface area (TPSA) is 71.4 Å². The number of fused-ring (bicyclic) bond motifs is 1. The van der Waals surface area contributed by atoms with E-state index >= 15 is 0 Å². The third kappa shape index (κ3) is 2.98. The Labute approximate surface area is 113 Å². The van der Waals surface area contributed by atoms with Gasteiger partial charge >= 0.3 is 0 Å². The van der Waals surface area contributed by atoms with Gasteiger partial charge in [-0.3, -0.25) is 4.79 Å². The number of nitrogens with zero attached hydrogens (tertiary/aromatic N) is 2. The second-order valence-electron chi connectivity index (χ2n) is 4.67. The molecular weight excluding hydrogens is 266 g/mol. The van der Waals surface area contributed by atoms with E-state index < -0.39 is 10.0 Å². The molecule has 0 atom stereocenters. The number of hydrogen-bond acceptors (Lipinski definition) is 3. The highest BCUT2D eigenvalue weighted by molar-refractivity contribution is 7.88. The summed E-state index contributed by atoms with van der Waals surface area (Å²) in [7, 11) is -3.19. The summed E-state index contributed by atoms with van der Waals surface area (Å²) in [6.07, 6.45) is 1.93. The predicted molar refractivity (Wildman–Crippen MR) is 72.3 cm³/mol. The molecule has 0 aliphatic carbocycles. The van der Waals surface area contributed by atoms with Crippen LogP contribution in [-0.4, -0.2) is 42.5 Å². The van der Waals surface area contributed by atoms with Gasteiger partial charge in [0.1, 0.15) is 5.69 Å². The first-order valence-corrected chi connectivity index (χ1v) is 8.20. The van der Waals surface area contributed by atoms with E-state index in [0.717, 1.165) is 5.69 Å². The summed E-state index contributed by atoms with van der Waals surface area (Å²) in [4.78, 5) is 11.9. The SMILES string of the molecule is CCNC(=O)c1ccc2n1CCCN(S(C)(=O)=O)C2. The molecule has 2 heterocycles. The van der Waals surface area contributed by atoms with Crippen LogP contribution in [0.3, 0.4) is 0 Å². The zero-order valence-corrected chi connectivity index (χ0v) is 12.0. The third-order valence-corrected chi connectivity index (χ3v) is 4.49. The molecule has 1 N–H and O–H groups in total. The van der Waals surface area contributed by atoms with Gasteiger partial charge in [0.05, 0.1) is 12.8 Å². The minimum Gasteiger partial charge on any atom is -0.351 e. The van der Waals surface area contributed by atoms with Gasteiger partial charge in [0.15, 0.2) is 0 Å². The molecule has 0 unspecified atom stereocenters. The van der Waals surface area contributed by atoms with Crippen LogP contribution < -0.4 is 5.32 Å². The first-order valence-electron chi connectivity index (χ1n) is 6.35. The second kappa shape index (κ2) is 5.34. The Hall–Kier alpha value is -1.34. The molecule has 6 nitrogen and oxygen atoms in total. The zero-order valence-electron chi connectivity index (χ0n) is 11.2. The third-order valence-electron chi connectivity index (χ3n) is 3.24. The standard InChI is InChI=1S/C12H19N3O3S/c1-3-13-12(16)11-6-5-10-9-14(19(2,17)18)7-4-8-15(10)11/h5-6H,3-4,7-9H2,1-2H3,(H,13,16). The fraction of sp³-hybridized carbons (Fsp3) is 0.583. The van der Waals surface area contributed by atoms with Gasteiger partial charge in [-0.15, -0.1) is 0 Å². The molecule has 1 aromatic rings. The predicted octanol–water partition coefficient (Wildman–Crippen LogP) is 0.403. The molecule has 0 spiro atoms. The average molecular weight is 285 g/mol. The van der Waals surface area contributed by atoms with E-state index in [2.05, 4.69) is 5.32 Å². The first kappa shape index (κ1) is 14.1. The lowest BCUT2D eigenvalue weighted by atomic mass is 10.3. The molecule has 7 heteroatoms. The van der Waals surface area contributed by atoms with Crippen LogP contribution in [0.2, 0.25) is 0 Å². The highest BCUT2D eigenvalue weighted by Gasteiger charge is 2.24. The molecule has 1 amide bonds. The summed E-state index contributed by atoms with van der Waals surface area (Å²) >= 11 is 0. The van der Waals surface area contributed by atoms with E-state index in [1.807, 2.05) is 17.6 Å². The normalized spacial score (nSPS) is 16.7. The fourth-order valence-corrected chi connectivity index (χ4v) is 3.14. The molecule has 0 aromatic carbocycles. The van der Waals surface area contributed by atoms with Crippen molar-refractivity contribution in [1.82, 2.24) is 14.2 Å². The van der Waals surface area contributed by atoms with Gasteiger partial charge in [0, 0.05) is 25.3 Å². The van der Waals surface area contributed by atoms with E-state index in [1.165, 1.54) is 10.6 Å². The van der Waals surface area contributed by atoms with Gasteiger partial charge < -0.3 is 9.88 Å². The molecule has 19 heavy (non-hydrogen) atoms. The van der Waals surface area contributed by atoms with Gasteiger partial charge in [0.25, 0.3) is 5.91 Å². The summed E-state index contributed by atoms with van der Waals surface area (Å²) in [5.74, 6) is -0.110. The zero-order chi connectivity index (χ0) is 14.0. The molecular formula is C12H19N3O3S. The maximum atomic E-state index is 11.9. The molecule has 1 aliphatic rings. The van der Waals surface area contributed by atoms with Crippen LogP contribution in [0.1, 0.15) is 29.5 Å². The van der Waals surface area contributed by atoms with Crippen molar-refractivity contribution >= 4 is 15.9 Å². The largest absolute Gasteiger partial charge is 0.351 e. The minimum absolute atomic E-state index is 0.110.